The number of benzene rings is 1. The average Bonchev–Trinajstić information content (AvgIpc) is 2.94. The van der Waals surface area contributed by atoms with Crippen LogP contribution in [0.4, 0.5) is 5.69 Å². The Morgan fingerprint density at radius 3 is 2.43 bits per heavy atom. The van der Waals surface area contributed by atoms with Gasteiger partial charge in [-0.2, -0.15) is 0 Å². The maximum Gasteiger partial charge on any atom is 0.275 e. The van der Waals surface area contributed by atoms with Gasteiger partial charge in [0.25, 0.3) is 10.0 Å². The summed E-state index contributed by atoms with van der Waals surface area (Å²) in [5, 5.41) is 0.783. The molecule has 0 N–H and O–H groups in total. The number of hydrogen-bond acceptors (Lipinski definition) is 4. The van der Waals surface area contributed by atoms with Crippen molar-refractivity contribution in [1.29, 1.82) is 0 Å². The highest BCUT2D eigenvalue weighted by atomic mass is 32.2. The molecule has 0 saturated carbocycles. The van der Waals surface area contributed by atoms with Gasteiger partial charge < -0.3 is 0 Å². The van der Waals surface area contributed by atoms with Gasteiger partial charge >= 0.3 is 0 Å². The standard InChI is InChI=1S/C15H18N2O2S2/c1-9-7-13-5-6-17(14(13)8-10(9)2)21(18,19)15-11(3)16-12(4)20-15/h7-8H,5-6H2,1-4H3. The lowest BCUT2D eigenvalue weighted by atomic mass is 10.0. The molecule has 0 fully saturated rings. The molecule has 2 heterocycles. The van der Waals surface area contributed by atoms with Gasteiger partial charge in [0.05, 0.1) is 16.4 Å². The van der Waals surface area contributed by atoms with Crippen LogP contribution in [0.15, 0.2) is 16.3 Å². The third-order valence-electron chi connectivity index (χ3n) is 3.93. The minimum atomic E-state index is -3.50. The van der Waals surface area contributed by atoms with Crippen molar-refractivity contribution in [3.8, 4) is 0 Å². The van der Waals surface area contributed by atoms with Crippen molar-refractivity contribution in [1.82, 2.24) is 4.98 Å². The molecule has 0 spiro atoms. The summed E-state index contributed by atoms with van der Waals surface area (Å²) in [4.78, 5) is 4.25. The first-order valence-corrected chi connectivity index (χ1v) is 9.13. The Morgan fingerprint density at radius 1 is 1.14 bits per heavy atom. The van der Waals surface area contributed by atoms with Gasteiger partial charge in [0, 0.05) is 6.54 Å². The zero-order valence-electron chi connectivity index (χ0n) is 12.6. The van der Waals surface area contributed by atoms with E-state index in [4.69, 9.17) is 0 Å². The first kappa shape index (κ1) is 14.5. The molecule has 112 valence electrons. The summed E-state index contributed by atoms with van der Waals surface area (Å²) in [6.45, 7) is 8.18. The van der Waals surface area contributed by atoms with Crippen molar-refractivity contribution in [2.45, 2.75) is 38.3 Å². The Morgan fingerprint density at radius 2 is 1.81 bits per heavy atom. The second-order valence-corrected chi connectivity index (χ2v) is 8.76. The molecular weight excluding hydrogens is 304 g/mol. The molecule has 0 radical (unpaired) electrons. The van der Waals surface area contributed by atoms with Crippen molar-refractivity contribution < 1.29 is 8.42 Å². The topological polar surface area (TPSA) is 50.3 Å². The zero-order chi connectivity index (χ0) is 15.4. The van der Waals surface area contributed by atoms with Gasteiger partial charge in [-0.25, -0.2) is 13.4 Å². The van der Waals surface area contributed by atoms with E-state index in [-0.39, 0.29) is 0 Å². The van der Waals surface area contributed by atoms with Crippen LogP contribution in [0.3, 0.4) is 0 Å². The van der Waals surface area contributed by atoms with Crippen molar-refractivity contribution in [2.24, 2.45) is 0 Å². The lowest BCUT2D eigenvalue weighted by Gasteiger charge is -2.19. The van der Waals surface area contributed by atoms with E-state index in [2.05, 4.69) is 18.0 Å². The second kappa shape index (κ2) is 4.81. The number of aromatic nitrogens is 1. The maximum absolute atomic E-state index is 12.9. The Bertz CT molecular complexity index is 822. The molecule has 0 bridgehead atoms. The average molecular weight is 322 g/mol. The Kier molecular flexibility index (Phi) is 3.33. The van der Waals surface area contributed by atoms with Crippen molar-refractivity contribution in [3.05, 3.63) is 39.5 Å². The van der Waals surface area contributed by atoms with Gasteiger partial charge in [0.2, 0.25) is 0 Å². The minimum absolute atomic E-state index is 0.367. The summed E-state index contributed by atoms with van der Waals surface area (Å²) < 4.78 is 27.8. The fourth-order valence-corrected chi connectivity index (χ4v) is 5.81. The molecule has 1 aliphatic rings. The van der Waals surface area contributed by atoms with Gasteiger partial charge in [-0.1, -0.05) is 6.07 Å². The van der Waals surface area contributed by atoms with Gasteiger partial charge in [0.1, 0.15) is 0 Å². The van der Waals surface area contributed by atoms with E-state index in [1.165, 1.54) is 21.2 Å². The number of thiazole rings is 1. The third kappa shape index (κ3) is 2.26. The smallest absolute Gasteiger partial charge is 0.265 e. The molecule has 0 saturated heterocycles. The molecule has 21 heavy (non-hydrogen) atoms. The highest BCUT2D eigenvalue weighted by molar-refractivity contribution is 7.94. The number of rotatable bonds is 2. The molecular formula is C15H18N2O2S2. The van der Waals surface area contributed by atoms with Crippen LogP contribution in [0.2, 0.25) is 0 Å². The monoisotopic (exact) mass is 322 g/mol. The number of sulfonamides is 1. The summed E-state index contributed by atoms with van der Waals surface area (Å²) in [6, 6.07) is 4.09. The van der Waals surface area contributed by atoms with Gasteiger partial charge in [-0.15, -0.1) is 11.3 Å². The van der Waals surface area contributed by atoms with Crippen molar-refractivity contribution in [3.63, 3.8) is 0 Å². The normalized spacial score (nSPS) is 14.6. The molecule has 6 heteroatoms. The van der Waals surface area contributed by atoms with Gasteiger partial charge in [-0.05, 0) is 56.9 Å². The quantitative estimate of drug-likeness (QED) is 0.853. The van der Waals surface area contributed by atoms with E-state index in [1.54, 1.807) is 6.92 Å². The van der Waals surface area contributed by atoms with Crippen molar-refractivity contribution >= 4 is 27.0 Å². The highest BCUT2D eigenvalue weighted by Crippen LogP contribution is 2.37. The number of fused-ring (bicyclic) bond motifs is 1. The SMILES string of the molecule is Cc1nc(C)c(S(=O)(=O)N2CCc3cc(C)c(C)cc32)s1. The van der Waals surface area contributed by atoms with Crippen LogP contribution in [0.5, 0.6) is 0 Å². The highest BCUT2D eigenvalue weighted by Gasteiger charge is 2.33. The molecule has 0 unspecified atom stereocenters. The van der Waals surface area contributed by atoms with Gasteiger partial charge in [-0.3, -0.25) is 4.31 Å². The molecule has 1 aliphatic heterocycles. The fraction of sp³-hybridized carbons (Fsp3) is 0.400. The van der Waals surface area contributed by atoms with Crippen molar-refractivity contribution in [2.75, 3.05) is 10.8 Å². The van der Waals surface area contributed by atoms with E-state index in [1.807, 2.05) is 19.9 Å². The predicted molar refractivity (Wildman–Crippen MR) is 85.7 cm³/mol. The number of anilines is 1. The van der Waals surface area contributed by atoms with E-state index in [9.17, 15) is 8.42 Å². The summed E-state index contributed by atoms with van der Waals surface area (Å²) >= 11 is 1.25. The molecule has 0 atom stereocenters. The lowest BCUT2D eigenvalue weighted by molar-refractivity contribution is 0.593. The third-order valence-corrected chi connectivity index (χ3v) is 7.41. The van der Waals surface area contributed by atoms with Crippen LogP contribution in [0.25, 0.3) is 0 Å². The Balaban J connectivity index is 2.12. The molecule has 4 nitrogen and oxygen atoms in total. The van der Waals surface area contributed by atoms with E-state index in [0.717, 1.165) is 28.2 Å². The van der Waals surface area contributed by atoms with Gasteiger partial charge in [0.15, 0.2) is 4.21 Å². The molecule has 2 aromatic rings. The first-order chi connectivity index (χ1) is 9.80. The minimum Gasteiger partial charge on any atom is -0.265 e. The number of nitrogens with zero attached hydrogens (tertiary/aromatic N) is 2. The summed E-state index contributed by atoms with van der Waals surface area (Å²) in [6.07, 6.45) is 0.770. The largest absolute Gasteiger partial charge is 0.275 e. The van der Waals surface area contributed by atoms with Crippen LogP contribution in [-0.4, -0.2) is 19.9 Å². The Hall–Kier alpha value is -1.40. The second-order valence-electron chi connectivity index (χ2n) is 5.50. The lowest BCUT2D eigenvalue weighted by Crippen LogP contribution is -2.29. The van der Waals surface area contributed by atoms with E-state index >= 15 is 0 Å². The maximum atomic E-state index is 12.9. The fourth-order valence-electron chi connectivity index (χ4n) is 2.74. The van der Waals surface area contributed by atoms with Crippen LogP contribution in [-0.2, 0) is 16.4 Å². The van der Waals surface area contributed by atoms with Crippen LogP contribution in [0.1, 0.15) is 27.4 Å². The summed E-state index contributed by atoms with van der Waals surface area (Å²) in [7, 11) is -3.50. The van der Waals surface area contributed by atoms with E-state index in [0.29, 0.717) is 16.4 Å². The molecule has 1 aromatic heterocycles. The molecule has 3 rings (SSSR count). The first-order valence-electron chi connectivity index (χ1n) is 6.87. The van der Waals surface area contributed by atoms with Crippen LogP contribution in [0, 0.1) is 27.7 Å². The molecule has 1 aromatic carbocycles. The summed E-state index contributed by atoms with van der Waals surface area (Å²) in [5.74, 6) is 0. The number of hydrogen-bond donors (Lipinski definition) is 0. The molecule has 0 aliphatic carbocycles. The van der Waals surface area contributed by atoms with Crippen LogP contribution < -0.4 is 4.31 Å². The summed E-state index contributed by atoms with van der Waals surface area (Å²) in [5.41, 5.74) is 4.85. The van der Waals surface area contributed by atoms with E-state index < -0.39 is 10.0 Å². The predicted octanol–water partition coefficient (Wildman–Crippen LogP) is 3.13. The molecule has 0 amide bonds. The van der Waals surface area contributed by atoms with Crippen LogP contribution >= 0.6 is 11.3 Å². The Labute approximate surface area is 129 Å². The zero-order valence-corrected chi connectivity index (χ0v) is 14.2. The number of aryl methyl sites for hydroxylation is 4.